The number of aryl methyl sites for hydroxylation is 1. The summed E-state index contributed by atoms with van der Waals surface area (Å²) in [5.74, 6) is -0.406. The summed E-state index contributed by atoms with van der Waals surface area (Å²) in [5, 5.41) is 1.52. The van der Waals surface area contributed by atoms with Crippen molar-refractivity contribution in [2.75, 3.05) is 31.1 Å². The summed E-state index contributed by atoms with van der Waals surface area (Å²) in [6.45, 7) is 7.13. The summed E-state index contributed by atoms with van der Waals surface area (Å²) < 4.78 is 13.5. The normalized spacial score (nSPS) is 14.6. The van der Waals surface area contributed by atoms with Gasteiger partial charge in [0.15, 0.2) is 0 Å². The summed E-state index contributed by atoms with van der Waals surface area (Å²) in [6, 6.07) is 12.5. The Balaban J connectivity index is 1.49. The number of aromatic nitrogens is 1. The Morgan fingerprint density at radius 3 is 2.56 bits per heavy atom. The highest BCUT2D eigenvalue weighted by atomic mass is 19.1. The molecule has 0 atom stereocenters. The molecule has 0 spiro atoms. The van der Waals surface area contributed by atoms with E-state index in [1.54, 1.807) is 18.3 Å². The zero-order chi connectivity index (χ0) is 19.0. The van der Waals surface area contributed by atoms with E-state index >= 15 is 0 Å². The largest absolute Gasteiger partial charge is 0.368 e. The summed E-state index contributed by atoms with van der Waals surface area (Å²) in [4.78, 5) is 21.3. The summed E-state index contributed by atoms with van der Waals surface area (Å²) >= 11 is 0. The highest BCUT2D eigenvalue weighted by Gasteiger charge is 2.24. The van der Waals surface area contributed by atoms with E-state index in [4.69, 9.17) is 0 Å². The van der Waals surface area contributed by atoms with Crippen LogP contribution in [0.3, 0.4) is 0 Å². The molecular formula is C22H22FN3O. The van der Waals surface area contributed by atoms with Crippen LogP contribution in [0.5, 0.6) is 0 Å². The van der Waals surface area contributed by atoms with Crippen LogP contribution in [0.4, 0.5) is 10.1 Å². The number of rotatable bonds is 2. The lowest BCUT2D eigenvalue weighted by Gasteiger charge is -2.37. The molecule has 1 fully saturated rings. The van der Waals surface area contributed by atoms with Gasteiger partial charge in [-0.3, -0.25) is 9.78 Å². The fourth-order valence-corrected chi connectivity index (χ4v) is 3.62. The first-order chi connectivity index (χ1) is 13.0. The first-order valence-corrected chi connectivity index (χ1v) is 9.19. The lowest BCUT2D eigenvalue weighted by Crippen LogP contribution is -2.49. The van der Waals surface area contributed by atoms with Crippen molar-refractivity contribution in [1.82, 2.24) is 9.88 Å². The van der Waals surface area contributed by atoms with Gasteiger partial charge in [-0.2, -0.15) is 0 Å². The van der Waals surface area contributed by atoms with Crippen LogP contribution in [0.1, 0.15) is 21.6 Å². The second kappa shape index (κ2) is 6.99. The van der Waals surface area contributed by atoms with Crippen molar-refractivity contribution < 1.29 is 9.18 Å². The Kier molecular flexibility index (Phi) is 4.52. The molecular weight excluding hydrogens is 341 g/mol. The van der Waals surface area contributed by atoms with Crippen molar-refractivity contribution in [3.8, 4) is 0 Å². The van der Waals surface area contributed by atoms with Crippen LogP contribution in [-0.4, -0.2) is 42.0 Å². The second-order valence-electron chi connectivity index (χ2n) is 7.06. The molecule has 2 heterocycles. The molecule has 0 radical (unpaired) electrons. The van der Waals surface area contributed by atoms with Gasteiger partial charge < -0.3 is 9.80 Å². The number of benzene rings is 2. The molecule has 0 unspecified atom stereocenters. The summed E-state index contributed by atoms with van der Waals surface area (Å²) in [6.07, 6.45) is 1.63. The number of halogens is 1. The first kappa shape index (κ1) is 17.5. The molecule has 4 nitrogen and oxygen atoms in total. The first-order valence-electron chi connectivity index (χ1n) is 9.19. The third-order valence-electron chi connectivity index (χ3n) is 5.39. The zero-order valence-electron chi connectivity index (χ0n) is 15.6. The topological polar surface area (TPSA) is 36.4 Å². The number of hydrogen-bond donors (Lipinski definition) is 0. The maximum Gasteiger partial charge on any atom is 0.272 e. The average Bonchev–Trinajstić information content (AvgIpc) is 2.69. The number of amides is 1. The number of anilines is 1. The Hall–Kier alpha value is -2.95. The number of fused-ring (bicyclic) bond motifs is 1. The van der Waals surface area contributed by atoms with Crippen LogP contribution >= 0.6 is 0 Å². The maximum absolute atomic E-state index is 13.5. The van der Waals surface area contributed by atoms with Crippen LogP contribution in [-0.2, 0) is 0 Å². The highest BCUT2D eigenvalue weighted by molar-refractivity contribution is 5.96. The van der Waals surface area contributed by atoms with Gasteiger partial charge in [0.1, 0.15) is 11.5 Å². The predicted molar refractivity (Wildman–Crippen MR) is 106 cm³/mol. The minimum atomic E-state index is -0.311. The molecule has 0 bridgehead atoms. The fourth-order valence-electron chi connectivity index (χ4n) is 3.62. The maximum atomic E-state index is 13.5. The molecule has 5 heteroatoms. The van der Waals surface area contributed by atoms with Crippen molar-refractivity contribution in [2.45, 2.75) is 13.8 Å². The van der Waals surface area contributed by atoms with E-state index in [1.165, 1.54) is 28.9 Å². The molecule has 0 saturated carbocycles. The lowest BCUT2D eigenvalue weighted by molar-refractivity contribution is 0.0741. The van der Waals surface area contributed by atoms with Crippen molar-refractivity contribution in [3.05, 3.63) is 71.3 Å². The number of hydrogen-bond acceptors (Lipinski definition) is 3. The Morgan fingerprint density at radius 2 is 1.78 bits per heavy atom. The Bertz CT molecular complexity index is 1010. The monoisotopic (exact) mass is 363 g/mol. The highest BCUT2D eigenvalue weighted by Crippen LogP contribution is 2.24. The number of pyridine rings is 1. The van der Waals surface area contributed by atoms with Crippen LogP contribution in [0.25, 0.3) is 10.8 Å². The van der Waals surface area contributed by atoms with Crippen molar-refractivity contribution in [2.24, 2.45) is 0 Å². The van der Waals surface area contributed by atoms with Gasteiger partial charge in [-0.25, -0.2) is 4.39 Å². The fraction of sp³-hybridized carbons (Fsp3) is 0.273. The molecule has 2 aromatic carbocycles. The van der Waals surface area contributed by atoms with Gasteiger partial charge in [-0.1, -0.05) is 12.1 Å². The van der Waals surface area contributed by atoms with Gasteiger partial charge >= 0.3 is 0 Å². The second-order valence-corrected chi connectivity index (χ2v) is 7.06. The summed E-state index contributed by atoms with van der Waals surface area (Å²) in [5.41, 5.74) is 4.17. The van der Waals surface area contributed by atoms with Gasteiger partial charge in [0, 0.05) is 43.4 Å². The lowest BCUT2D eigenvalue weighted by atomic mass is 10.1. The molecule has 27 heavy (non-hydrogen) atoms. The molecule has 1 saturated heterocycles. The van der Waals surface area contributed by atoms with Gasteiger partial charge in [0.2, 0.25) is 0 Å². The molecule has 1 aromatic heterocycles. The third-order valence-corrected chi connectivity index (χ3v) is 5.39. The number of carbonyl (C=O) groups excluding carboxylic acids is 1. The van der Waals surface area contributed by atoms with Crippen LogP contribution < -0.4 is 4.90 Å². The van der Waals surface area contributed by atoms with Gasteiger partial charge in [-0.05, 0) is 60.7 Å². The minimum Gasteiger partial charge on any atom is -0.368 e. The smallest absolute Gasteiger partial charge is 0.272 e. The minimum absolute atomic E-state index is 0.0956. The van der Waals surface area contributed by atoms with E-state index in [0.717, 1.165) is 18.5 Å². The Labute approximate surface area is 158 Å². The Morgan fingerprint density at radius 1 is 1.00 bits per heavy atom. The molecule has 0 N–H and O–H groups in total. The number of carbonyl (C=O) groups is 1. The molecule has 3 aromatic rings. The molecule has 1 aliphatic rings. The van der Waals surface area contributed by atoms with Gasteiger partial charge in [0.25, 0.3) is 5.91 Å². The van der Waals surface area contributed by atoms with E-state index in [-0.39, 0.29) is 11.7 Å². The number of piperazine rings is 1. The van der Waals surface area contributed by atoms with E-state index in [1.807, 2.05) is 4.90 Å². The van der Waals surface area contributed by atoms with Crippen molar-refractivity contribution in [1.29, 1.82) is 0 Å². The third kappa shape index (κ3) is 3.37. The zero-order valence-corrected chi connectivity index (χ0v) is 15.6. The van der Waals surface area contributed by atoms with Crippen LogP contribution in [0.2, 0.25) is 0 Å². The van der Waals surface area contributed by atoms with Gasteiger partial charge in [-0.15, -0.1) is 0 Å². The average molecular weight is 363 g/mol. The molecule has 0 aliphatic carbocycles. The molecule has 1 amide bonds. The molecule has 4 rings (SSSR count). The van der Waals surface area contributed by atoms with E-state index < -0.39 is 0 Å². The summed E-state index contributed by atoms with van der Waals surface area (Å²) in [7, 11) is 0. The van der Waals surface area contributed by atoms with Crippen LogP contribution in [0, 0.1) is 19.7 Å². The van der Waals surface area contributed by atoms with E-state index in [0.29, 0.717) is 24.2 Å². The number of nitrogens with zero attached hydrogens (tertiary/aromatic N) is 3. The van der Waals surface area contributed by atoms with Crippen molar-refractivity contribution in [3.63, 3.8) is 0 Å². The van der Waals surface area contributed by atoms with Gasteiger partial charge in [0.05, 0.1) is 0 Å². The molecule has 138 valence electrons. The SMILES string of the molecule is Cc1cccc(N2CCN(C(=O)c3cc4cc(F)ccc4cn3)CC2)c1C. The molecule has 1 aliphatic heterocycles. The quantitative estimate of drug-likeness (QED) is 0.692. The predicted octanol–water partition coefficient (Wildman–Crippen LogP) is 3.95. The standard InChI is InChI=1S/C22H22FN3O/c1-15-4-3-5-21(16(15)2)25-8-10-26(11-9-25)22(27)20-13-18-12-19(23)7-6-17(18)14-24-20/h3-7,12-14H,8-11H2,1-2H3. The van der Waals surface area contributed by atoms with Crippen molar-refractivity contribution >= 4 is 22.4 Å². The van der Waals surface area contributed by atoms with E-state index in [2.05, 4.69) is 41.9 Å². The van der Waals surface area contributed by atoms with E-state index in [9.17, 15) is 9.18 Å². The van der Waals surface area contributed by atoms with Crippen LogP contribution in [0.15, 0.2) is 48.7 Å².